The summed E-state index contributed by atoms with van der Waals surface area (Å²) in [4.78, 5) is 8.08. The van der Waals surface area contributed by atoms with E-state index < -0.39 is 5.82 Å². The minimum absolute atomic E-state index is 0.00773. The highest BCUT2D eigenvalue weighted by Gasteiger charge is 2.15. The number of ether oxygens (including phenoxy) is 1. The smallest absolute Gasteiger partial charge is 0.225 e. The zero-order valence-electron chi connectivity index (χ0n) is 11.1. The molecule has 3 aromatic rings. The minimum atomic E-state index is -0.454. The molecule has 0 fully saturated rings. The zero-order chi connectivity index (χ0) is 14.8. The third-order valence-electron chi connectivity index (χ3n) is 2.97. The third-order valence-corrected chi connectivity index (χ3v) is 3.13. The molecular formula is C14H11ClFN3O2. The van der Waals surface area contributed by atoms with Crippen LogP contribution in [0.15, 0.2) is 34.9 Å². The maximum absolute atomic E-state index is 14.1. The van der Waals surface area contributed by atoms with Crippen molar-refractivity contribution in [1.82, 2.24) is 9.97 Å². The minimum Gasteiger partial charge on any atom is -0.494 e. The van der Waals surface area contributed by atoms with E-state index in [9.17, 15) is 4.39 Å². The van der Waals surface area contributed by atoms with E-state index in [-0.39, 0.29) is 16.5 Å². The second kappa shape index (κ2) is 5.57. The molecule has 0 radical (unpaired) electrons. The molecular weight excluding hydrogens is 297 g/mol. The summed E-state index contributed by atoms with van der Waals surface area (Å²) in [5, 5.41) is 3.23. The molecule has 0 aliphatic heterocycles. The summed E-state index contributed by atoms with van der Waals surface area (Å²) < 4.78 is 24.5. The van der Waals surface area contributed by atoms with Gasteiger partial charge in [-0.3, -0.25) is 0 Å². The van der Waals surface area contributed by atoms with Gasteiger partial charge < -0.3 is 14.5 Å². The quantitative estimate of drug-likeness (QED) is 0.746. The fourth-order valence-electron chi connectivity index (χ4n) is 2.03. The van der Waals surface area contributed by atoms with Gasteiger partial charge >= 0.3 is 0 Å². The predicted octanol–water partition coefficient (Wildman–Crippen LogP) is 3.64. The summed E-state index contributed by atoms with van der Waals surface area (Å²) in [5.41, 5.74) is 0.319. The second-order valence-electron chi connectivity index (χ2n) is 4.25. The van der Waals surface area contributed by atoms with Gasteiger partial charge in [0.05, 0.1) is 25.3 Å². The van der Waals surface area contributed by atoms with Crippen molar-refractivity contribution in [3.63, 3.8) is 0 Å². The molecule has 5 nitrogen and oxygen atoms in total. The molecule has 0 bridgehead atoms. The fourth-order valence-corrected chi connectivity index (χ4v) is 2.19. The van der Waals surface area contributed by atoms with Crippen LogP contribution < -0.4 is 10.1 Å². The number of fused-ring (bicyclic) bond motifs is 1. The average molecular weight is 308 g/mol. The lowest BCUT2D eigenvalue weighted by Crippen LogP contribution is -2.04. The lowest BCUT2D eigenvalue weighted by atomic mass is 10.2. The molecule has 1 aromatic carbocycles. The molecule has 0 atom stereocenters. The molecule has 0 saturated carbocycles. The van der Waals surface area contributed by atoms with Crippen LogP contribution in [0.1, 0.15) is 5.76 Å². The number of methoxy groups -OCH3 is 1. The van der Waals surface area contributed by atoms with Crippen LogP contribution in [0.25, 0.3) is 10.9 Å². The van der Waals surface area contributed by atoms with Gasteiger partial charge in [0, 0.05) is 0 Å². The molecule has 108 valence electrons. The van der Waals surface area contributed by atoms with E-state index in [1.165, 1.54) is 19.2 Å². The first kappa shape index (κ1) is 13.6. The number of hydrogen-bond acceptors (Lipinski definition) is 5. The van der Waals surface area contributed by atoms with E-state index in [2.05, 4.69) is 15.3 Å². The van der Waals surface area contributed by atoms with Gasteiger partial charge in [-0.15, -0.1) is 0 Å². The van der Waals surface area contributed by atoms with Gasteiger partial charge in [0.1, 0.15) is 28.7 Å². The maximum Gasteiger partial charge on any atom is 0.225 e. The zero-order valence-corrected chi connectivity index (χ0v) is 11.8. The summed E-state index contributed by atoms with van der Waals surface area (Å²) >= 11 is 5.90. The van der Waals surface area contributed by atoms with Gasteiger partial charge in [-0.05, 0) is 35.9 Å². The number of furan rings is 1. The highest BCUT2D eigenvalue weighted by molar-refractivity contribution is 6.29. The predicted molar refractivity (Wildman–Crippen MR) is 77.1 cm³/mol. The third kappa shape index (κ3) is 2.62. The molecule has 0 aliphatic carbocycles. The van der Waals surface area contributed by atoms with Gasteiger partial charge in [0.25, 0.3) is 0 Å². The highest BCUT2D eigenvalue weighted by Crippen LogP contribution is 2.31. The molecule has 0 unspecified atom stereocenters. The fraction of sp³-hybridized carbons (Fsp3) is 0.143. The SMILES string of the molecule is COc1ccc(F)c2c(NCc3ccco3)nc(Cl)nc12. The molecule has 0 spiro atoms. The van der Waals surface area contributed by atoms with Crippen molar-refractivity contribution < 1.29 is 13.5 Å². The van der Waals surface area contributed by atoms with Gasteiger partial charge in [-0.1, -0.05) is 0 Å². The first-order valence-corrected chi connectivity index (χ1v) is 6.53. The Balaban J connectivity index is 2.08. The summed E-state index contributed by atoms with van der Waals surface area (Å²) in [6.45, 7) is 0.353. The van der Waals surface area contributed by atoms with Crippen LogP contribution in [-0.4, -0.2) is 17.1 Å². The van der Waals surface area contributed by atoms with Gasteiger partial charge in [-0.25, -0.2) is 14.4 Å². The molecule has 21 heavy (non-hydrogen) atoms. The average Bonchev–Trinajstić information content (AvgIpc) is 2.98. The molecule has 3 rings (SSSR count). The van der Waals surface area contributed by atoms with Crippen molar-refractivity contribution in [3.05, 3.63) is 47.4 Å². The Morgan fingerprint density at radius 3 is 2.90 bits per heavy atom. The molecule has 0 aliphatic rings. The molecule has 0 saturated heterocycles. The number of hydrogen-bond donors (Lipinski definition) is 1. The number of rotatable bonds is 4. The van der Waals surface area contributed by atoms with E-state index in [4.69, 9.17) is 20.8 Å². The van der Waals surface area contributed by atoms with Crippen LogP contribution in [0.5, 0.6) is 5.75 Å². The molecule has 2 aromatic heterocycles. The Hall–Kier alpha value is -2.34. The number of anilines is 1. The number of nitrogens with one attached hydrogen (secondary N) is 1. The van der Waals surface area contributed by atoms with E-state index in [1.807, 2.05) is 0 Å². The van der Waals surface area contributed by atoms with Gasteiger partial charge in [-0.2, -0.15) is 0 Å². The van der Waals surface area contributed by atoms with Crippen LogP contribution >= 0.6 is 11.6 Å². The standard InChI is InChI=1S/C14H11ClFN3O2/c1-20-10-5-4-9(16)11-12(10)18-14(15)19-13(11)17-7-8-3-2-6-21-8/h2-6H,7H2,1H3,(H,17,18,19). The van der Waals surface area contributed by atoms with Crippen LogP contribution in [0.2, 0.25) is 5.28 Å². The van der Waals surface area contributed by atoms with Gasteiger partial charge in [0.15, 0.2) is 0 Å². The number of benzene rings is 1. The van der Waals surface area contributed by atoms with Crippen molar-refractivity contribution in [3.8, 4) is 5.75 Å². The number of nitrogens with zero attached hydrogens (tertiary/aromatic N) is 2. The Bertz CT molecular complexity index is 777. The largest absolute Gasteiger partial charge is 0.494 e. The topological polar surface area (TPSA) is 60.2 Å². The van der Waals surface area contributed by atoms with Crippen molar-refractivity contribution in [2.45, 2.75) is 6.54 Å². The maximum atomic E-state index is 14.1. The Morgan fingerprint density at radius 2 is 2.19 bits per heavy atom. The normalized spacial score (nSPS) is 10.8. The summed E-state index contributed by atoms with van der Waals surface area (Å²) in [6, 6.07) is 6.37. The van der Waals surface area contributed by atoms with Crippen molar-refractivity contribution >= 4 is 28.3 Å². The van der Waals surface area contributed by atoms with Crippen LogP contribution in [0.4, 0.5) is 10.2 Å². The first-order valence-electron chi connectivity index (χ1n) is 6.15. The summed E-state index contributed by atoms with van der Waals surface area (Å²) in [5.74, 6) is 0.958. The number of aromatic nitrogens is 2. The van der Waals surface area contributed by atoms with Gasteiger partial charge in [0.2, 0.25) is 5.28 Å². The van der Waals surface area contributed by atoms with E-state index >= 15 is 0 Å². The summed E-state index contributed by atoms with van der Waals surface area (Å²) in [6.07, 6.45) is 1.56. The lowest BCUT2D eigenvalue weighted by molar-refractivity contribution is 0.418. The van der Waals surface area contributed by atoms with E-state index in [0.29, 0.717) is 23.6 Å². The number of halogens is 2. The van der Waals surface area contributed by atoms with Crippen molar-refractivity contribution in [2.24, 2.45) is 0 Å². The molecule has 0 amide bonds. The Kier molecular flexibility index (Phi) is 3.62. The first-order chi connectivity index (χ1) is 10.2. The van der Waals surface area contributed by atoms with Crippen LogP contribution in [-0.2, 0) is 6.54 Å². The van der Waals surface area contributed by atoms with E-state index in [0.717, 1.165) is 0 Å². The van der Waals surface area contributed by atoms with Crippen molar-refractivity contribution in [1.29, 1.82) is 0 Å². The van der Waals surface area contributed by atoms with Crippen molar-refractivity contribution in [2.75, 3.05) is 12.4 Å². The monoisotopic (exact) mass is 307 g/mol. The lowest BCUT2D eigenvalue weighted by Gasteiger charge is -2.11. The molecule has 2 heterocycles. The summed E-state index contributed by atoms with van der Waals surface area (Å²) in [7, 11) is 1.48. The molecule has 1 N–H and O–H groups in total. The highest BCUT2D eigenvalue weighted by atomic mass is 35.5. The molecule has 7 heteroatoms. The van der Waals surface area contributed by atoms with E-state index in [1.54, 1.807) is 18.4 Å². The second-order valence-corrected chi connectivity index (χ2v) is 4.59. The Morgan fingerprint density at radius 1 is 1.33 bits per heavy atom. The van der Waals surface area contributed by atoms with Crippen LogP contribution in [0.3, 0.4) is 0 Å². The van der Waals surface area contributed by atoms with Crippen LogP contribution in [0, 0.1) is 5.82 Å². The Labute approximate surface area is 124 Å².